The summed E-state index contributed by atoms with van der Waals surface area (Å²) < 4.78 is 32.6. The molecule has 2 aromatic rings. The van der Waals surface area contributed by atoms with Gasteiger partial charge in [0.2, 0.25) is 5.91 Å². The highest BCUT2D eigenvalue weighted by Gasteiger charge is 2.28. The molecule has 9 heteroatoms. The molecular formula is C20H22N2O5S2. The number of carbonyl (C=O) groups excluding carboxylic acids is 2. The van der Waals surface area contributed by atoms with Crippen molar-refractivity contribution in [1.29, 1.82) is 0 Å². The Morgan fingerprint density at radius 1 is 1.24 bits per heavy atom. The second kappa shape index (κ2) is 8.87. The molecule has 29 heavy (non-hydrogen) atoms. The van der Waals surface area contributed by atoms with Gasteiger partial charge in [-0.05, 0) is 30.3 Å². The first-order valence-corrected chi connectivity index (χ1v) is 11.5. The molecule has 2 aromatic carbocycles. The molecule has 1 N–H and O–H groups in total. The van der Waals surface area contributed by atoms with E-state index in [1.807, 2.05) is 6.92 Å². The largest absolute Gasteiger partial charge is 0.469 e. The maximum absolute atomic E-state index is 13.4. The van der Waals surface area contributed by atoms with Crippen molar-refractivity contribution >= 4 is 45.0 Å². The number of methoxy groups -OCH3 is 1. The highest BCUT2D eigenvalue weighted by atomic mass is 32.2. The van der Waals surface area contributed by atoms with Gasteiger partial charge < -0.3 is 10.1 Å². The predicted octanol–water partition coefficient (Wildman–Crippen LogP) is 3.13. The van der Waals surface area contributed by atoms with Gasteiger partial charge in [-0.3, -0.25) is 13.9 Å². The highest BCUT2D eigenvalue weighted by Crippen LogP contribution is 2.35. The zero-order valence-electron chi connectivity index (χ0n) is 16.1. The van der Waals surface area contributed by atoms with Crippen LogP contribution in [0.1, 0.15) is 13.3 Å². The first kappa shape index (κ1) is 21.2. The lowest BCUT2D eigenvalue weighted by Crippen LogP contribution is -2.33. The number of ether oxygens (including phenoxy) is 1. The topological polar surface area (TPSA) is 92.8 Å². The molecule has 154 valence electrons. The van der Waals surface area contributed by atoms with Gasteiger partial charge in [0.15, 0.2) is 0 Å². The van der Waals surface area contributed by atoms with Crippen molar-refractivity contribution in [1.82, 2.24) is 0 Å². The van der Waals surface area contributed by atoms with E-state index >= 15 is 0 Å². The minimum absolute atomic E-state index is 0.0421. The number of anilines is 2. The zero-order valence-corrected chi connectivity index (χ0v) is 17.8. The van der Waals surface area contributed by atoms with Gasteiger partial charge in [0.1, 0.15) is 0 Å². The van der Waals surface area contributed by atoms with Crippen molar-refractivity contribution in [3.8, 4) is 0 Å². The van der Waals surface area contributed by atoms with Crippen LogP contribution >= 0.6 is 11.8 Å². The summed E-state index contributed by atoms with van der Waals surface area (Å²) in [5, 5.41) is 2.81. The summed E-state index contributed by atoms with van der Waals surface area (Å²) in [5.41, 5.74) is 0.921. The predicted molar refractivity (Wildman–Crippen MR) is 113 cm³/mol. The first-order valence-electron chi connectivity index (χ1n) is 9.05. The van der Waals surface area contributed by atoms with Crippen LogP contribution in [0.4, 0.5) is 11.4 Å². The van der Waals surface area contributed by atoms with Crippen molar-refractivity contribution in [2.45, 2.75) is 23.1 Å². The second-order valence-corrected chi connectivity index (χ2v) is 9.52. The molecule has 1 atom stereocenters. The molecule has 1 aliphatic rings. The van der Waals surface area contributed by atoms with Gasteiger partial charge in [-0.2, -0.15) is 0 Å². The summed E-state index contributed by atoms with van der Waals surface area (Å²) in [6, 6.07) is 13.3. The Labute approximate surface area is 174 Å². The first-order chi connectivity index (χ1) is 13.8. The van der Waals surface area contributed by atoms with Crippen LogP contribution in [0.5, 0.6) is 0 Å². The number of nitrogens with one attached hydrogen (secondary N) is 1. The summed E-state index contributed by atoms with van der Waals surface area (Å²) in [6.45, 7) is 1.77. The molecule has 0 saturated heterocycles. The molecule has 0 spiro atoms. The molecule has 0 radical (unpaired) electrons. The third kappa shape index (κ3) is 4.73. The van der Waals surface area contributed by atoms with Crippen LogP contribution < -0.4 is 9.62 Å². The minimum atomic E-state index is -3.97. The lowest BCUT2D eigenvalue weighted by molar-refractivity contribution is -0.140. The van der Waals surface area contributed by atoms with Gasteiger partial charge in [0.05, 0.1) is 29.8 Å². The van der Waals surface area contributed by atoms with Crippen LogP contribution in [-0.2, 0) is 24.3 Å². The molecule has 1 aliphatic heterocycles. The summed E-state index contributed by atoms with van der Waals surface area (Å²) in [4.78, 5) is 24.6. The van der Waals surface area contributed by atoms with Gasteiger partial charge in [-0.1, -0.05) is 25.1 Å². The number of thioether (sulfide) groups is 1. The lowest BCUT2D eigenvalue weighted by Gasteiger charge is -2.24. The van der Waals surface area contributed by atoms with Gasteiger partial charge in [-0.25, -0.2) is 8.42 Å². The van der Waals surface area contributed by atoms with E-state index < -0.39 is 16.0 Å². The number of benzene rings is 2. The van der Waals surface area contributed by atoms with Crippen LogP contribution in [0.15, 0.2) is 58.3 Å². The van der Waals surface area contributed by atoms with Crippen LogP contribution in [0.3, 0.4) is 0 Å². The van der Waals surface area contributed by atoms with Crippen LogP contribution in [0.25, 0.3) is 0 Å². The number of amides is 1. The molecule has 1 heterocycles. The number of esters is 1. The number of hydrogen-bond acceptors (Lipinski definition) is 6. The minimum Gasteiger partial charge on any atom is -0.469 e. The SMILES string of the molecule is COC(=O)CCN(c1ccccc1)S(=O)(=O)c1ccc2c(c1)NC(=O)[C@H](C)CS2. The molecule has 7 nitrogen and oxygen atoms in total. The average molecular weight is 435 g/mol. The van der Waals surface area contributed by atoms with Gasteiger partial charge >= 0.3 is 5.97 Å². The number of carbonyl (C=O) groups is 2. The quantitative estimate of drug-likeness (QED) is 0.702. The Balaban J connectivity index is 1.99. The number of rotatable bonds is 6. The van der Waals surface area contributed by atoms with Crippen molar-refractivity contribution in [2.75, 3.05) is 29.0 Å². The standard InChI is InChI=1S/C20H22N2O5S2/c1-14-13-28-18-9-8-16(12-17(18)21-20(14)24)29(25,26)22(11-10-19(23)27-2)15-6-4-3-5-7-15/h3-9,12,14H,10-11,13H2,1-2H3,(H,21,24)/t14-/m1/s1. The van der Waals surface area contributed by atoms with Crippen molar-refractivity contribution in [3.63, 3.8) is 0 Å². The highest BCUT2D eigenvalue weighted by molar-refractivity contribution is 7.99. The van der Waals surface area contributed by atoms with Gasteiger partial charge in [-0.15, -0.1) is 11.8 Å². The van der Waals surface area contributed by atoms with E-state index in [0.29, 0.717) is 17.1 Å². The van der Waals surface area contributed by atoms with Crippen molar-refractivity contribution in [3.05, 3.63) is 48.5 Å². The molecule has 1 amide bonds. The number of fused-ring (bicyclic) bond motifs is 1. The van der Waals surface area contributed by atoms with Gasteiger partial charge in [0, 0.05) is 23.1 Å². The Morgan fingerprint density at radius 2 is 1.97 bits per heavy atom. The summed E-state index contributed by atoms with van der Waals surface area (Å²) in [7, 11) is -2.71. The van der Waals surface area contributed by atoms with Crippen LogP contribution in [0.2, 0.25) is 0 Å². The zero-order chi connectivity index (χ0) is 21.0. The number of para-hydroxylation sites is 1. The monoisotopic (exact) mass is 434 g/mol. The van der Waals surface area contributed by atoms with Crippen molar-refractivity contribution in [2.24, 2.45) is 5.92 Å². The summed E-state index contributed by atoms with van der Waals surface area (Å²) >= 11 is 1.51. The molecule has 0 saturated carbocycles. The van der Waals surface area contributed by atoms with Gasteiger partial charge in [0.25, 0.3) is 10.0 Å². The Bertz CT molecular complexity index is 1010. The summed E-state index contributed by atoms with van der Waals surface area (Å²) in [6.07, 6.45) is -0.0837. The average Bonchev–Trinajstić information content (AvgIpc) is 2.86. The Morgan fingerprint density at radius 3 is 2.66 bits per heavy atom. The fourth-order valence-electron chi connectivity index (χ4n) is 2.84. The fraction of sp³-hybridized carbons (Fsp3) is 0.300. The Kier molecular flexibility index (Phi) is 6.49. The van der Waals surface area contributed by atoms with E-state index in [0.717, 1.165) is 4.90 Å². The second-order valence-electron chi connectivity index (χ2n) is 6.60. The molecule has 0 aliphatic carbocycles. The van der Waals surface area contributed by atoms with E-state index in [1.54, 1.807) is 36.4 Å². The lowest BCUT2D eigenvalue weighted by atomic mass is 10.2. The normalized spacial score (nSPS) is 16.3. The number of nitrogens with zero attached hydrogens (tertiary/aromatic N) is 1. The smallest absolute Gasteiger partial charge is 0.307 e. The van der Waals surface area contributed by atoms with Crippen molar-refractivity contribution < 1.29 is 22.7 Å². The van der Waals surface area contributed by atoms with Crippen LogP contribution in [0, 0.1) is 5.92 Å². The molecule has 0 unspecified atom stereocenters. The third-order valence-corrected chi connectivity index (χ3v) is 7.68. The number of sulfonamides is 1. The van der Waals surface area contributed by atoms with E-state index in [1.165, 1.54) is 35.3 Å². The maximum Gasteiger partial charge on any atom is 0.307 e. The molecule has 0 aromatic heterocycles. The summed E-state index contributed by atoms with van der Waals surface area (Å²) in [5.74, 6) is -0.189. The number of hydrogen-bond donors (Lipinski definition) is 1. The molecular weight excluding hydrogens is 412 g/mol. The molecule has 0 fully saturated rings. The molecule has 3 rings (SSSR count). The Hall–Kier alpha value is -2.52. The maximum atomic E-state index is 13.4. The molecule has 0 bridgehead atoms. The van der Waals surface area contributed by atoms with E-state index in [2.05, 4.69) is 10.1 Å². The van der Waals surface area contributed by atoms with Crippen LogP contribution in [-0.4, -0.2) is 39.7 Å². The third-order valence-electron chi connectivity index (χ3n) is 4.52. The fourth-order valence-corrected chi connectivity index (χ4v) is 5.35. The van der Waals surface area contributed by atoms with E-state index in [4.69, 9.17) is 0 Å². The van der Waals surface area contributed by atoms with E-state index in [-0.39, 0.29) is 29.7 Å². The van der Waals surface area contributed by atoms with E-state index in [9.17, 15) is 18.0 Å².